The van der Waals surface area contributed by atoms with E-state index in [2.05, 4.69) is 39.9 Å². The van der Waals surface area contributed by atoms with Crippen LogP contribution < -0.4 is 0 Å². The summed E-state index contributed by atoms with van der Waals surface area (Å²) in [7, 11) is 0. The fourth-order valence-corrected chi connectivity index (χ4v) is 6.30. The Morgan fingerprint density at radius 1 is 0.296 bits per heavy atom. The van der Waals surface area contributed by atoms with E-state index in [9.17, 15) is 0 Å². The number of aromatic nitrogens is 8. The molecule has 8 N–H and O–H groups in total. The Morgan fingerprint density at radius 3 is 0.648 bits per heavy atom. The summed E-state index contributed by atoms with van der Waals surface area (Å²) in [6.07, 6.45) is 13.0. The quantitative estimate of drug-likeness (QED) is 0.0488. The minimum Gasteiger partial charge on any atom is -0.351 e. The van der Waals surface area contributed by atoms with Gasteiger partial charge in [0.2, 0.25) is 0 Å². The number of nitrogens with one attached hydrogen (secondary N) is 8. The molecule has 4 aromatic heterocycles. The van der Waals surface area contributed by atoms with Crippen molar-refractivity contribution < 1.29 is 0 Å². The summed E-state index contributed by atoms with van der Waals surface area (Å²) < 4.78 is 0. The first-order valence-electron chi connectivity index (χ1n) is 16.9. The van der Waals surface area contributed by atoms with Crippen LogP contribution in [0, 0.1) is 21.6 Å². The van der Waals surface area contributed by atoms with Crippen molar-refractivity contribution in [2.24, 2.45) is 0 Å². The number of imidazole rings is 4. The lowest BCUT2D eigenvalue weighted by Gasteiger charge is -2.19. The average Bonchev–Trinajstić information content (AvgIpc) is 4.08. The molecule has 54 heavy (non-hydrogen) atoms. The number of H-pyrrole nitrogens is 4. The van der Waals surface area contributed by atoms with Crippen molar-refractivity contribution >= 4 is 34.0 Å². The summed E-state index contributed by atoms with van der Waals surface area (Å²) in [4.78, 5) is 28.8. The number of rotatable bonds is 12. The Balaban J connectivity index is 1.30. The highest BCUT2D eigenvalue weighted by molar-refractivity contribution is 6.13. The van der Waals surface area contributed by atoms with Crippen LogP contribution in [0.15, 0.2) is 147 Å². The van der Waals surface area contributed by atoms with E-state index in [1.807, 2.05) is 97.1 Å². The molecular formula is C42H32N12. The molecule has 0 amide bonds. The zero-order valence-electron chi connectivity index (χ0n) is 28.6. The lowest BCUT2D eigenvalue weighted by atomic mass is 9.84. The molecule has 0 saturated carbocycles. The molecule has 8 aromatic rings. The molecule has 12 nitrogen and oxygen atoms in total. The number of nitrogens with zero attached hydrogens (tertiary/aromatic N) is 4. The fourth-order valence-electron chi connectivity index (χ4n) is 6.30. The zero-order valence-corrected chi connectivity index (χ0v) is 28.6. The van der Waals surface area contributed by atoms with Crippen LogP contribution in [0.4, 0.5) is 0 Å². The first-order valence-corrected chi connectivity index (χ1v) is 16.9. The maximum atomic E-state index is 8.75. The fraction of sp³-hybridized carbons (Fsp3) is 0. The van der Waals surface area contributed by atoms with Gasteiger partial charge in [0, 0.05) is 47.0 Å². The Morgan fingerprint density at radius 2 is 0.481 bits per heavy atom. The van der Waals surface area contributed by atoms with E-state index in [4.69, 9.17) is 21.6 Å². The van der Waals surface area contributed by atoms with Gasteiger partial charge < -0.3 is 19.9 Å². The summed E-state index contributed by atoms with van der Waals surface area (Å²) in [5, 5.41) is 35.0. The van der Waals surface area contributed by atoms with Crippen LogP contribution >= 0.6 is 0 Å². The maximum absolute atomic E-state index is 8.75. The highest BCUT2D eigenvalue weighted by Gasteiger charge is 2.20. The van der Waals surface area contributed by atoms with Crippen LogP contribution in [0.2, 0.25) is 0 Å². The van der Waals surface area contributed by atoms with Crippen LogP contribution in [-0.4, -0.2) is 62.7 Å². The van der Waals surface area contributed by atoms with E-state index in [0.29, 0.717) is 45.6 Å². The molecule has 0 bridgehead atoms. The summed E-state index contributed by atoms with van der Waals surface area (Å²) in [5.74, 6) is 0. The molecule has 0 atom stereocenters. The molecule has 0 spiro atoms. The largest absolute Gasteiger partial charge is 0.351 e. The molecule has 0 aliphatic carbocycles. The minimum absolute atomic E-state index is 0.305. The predicted molar refractivity (Wildman–Crippen MR) is 209 cm³/mol. The van der Waals surface area contributed by atoms with Gasteiger partial charge in [-0.05, 0) is 33.4 Å². The van der Waals surface area contributed by atoms with Crippen molar-refractivity contribution in [3.8, 4) is 0 Å². The van der Waals surface area contributed by atoms with E-state index in [1.165, 1.54) is 0 Å². The van der Waals surface area contributed by atoms with Crippen LogP contribution in [0.25, 0.3) is 11.1 Å². The van der Waals surface area contributed by atoms with Crippen molar-refractivity contribution in [1.29, 1.82) is 21.6 Å². The summed E-state index contributed by atoms with van der Waals surface area (Å²) in [5.41, 5.74) is 11.7. The van der Waals surface area contributed by atoms with Gasteiger partial charge in [0.15, 0.2) is 0 Å². The number of hydrogen-bond acceptors (Lipinski definition) is 8. The second-order valence-electron chi connectivity index (χ2n) is 12.4. The van der Waals surface area contributed by atoms with E-state index in [1.54, 1.807) is 50.1 Å². The van der Waals surface area contributed by atoms with Gasteiger partial charge in [-0.2, -0.15) is 0 Å². The van der Waals surface area contributed by atoms with Gasteiger partial charge in [-0.3, -0.25) is 21.6 Å². The monoisotopic (exact) mass is 704 g/mol. The van der Waals surface area contributed by atoms with Crippen molar-refractivity contribution in [2.45, 2.75) is 0 Å². The van der Waals surface area contributed by atoms with Crippen LogP contribution in [0.3, 0.4) is 0 Å². The molecule has 8 rings (SSSR count). The molecule has 0 saturated heterocycles. The highest BCUT2D eigenvalue weighted by atomic mass is 14.9. The molecule has 4 heterocycles. The summed E-state index contributed by atoms with van der Waals surface area (Å²) in [6.45, 7) is 0. The van der Waals surface area contributed by atoms with Gasteiger partial charge in [-0.15, -0.1) is 0 Å². The van der Waals surface area contributed by atoms with Crippen molar-refractivity contribution in [1.82, 2.24) is 39.9 Å². The van der Waals surface area contributed by atoms with E-state index >= 15 is 0 Å². The van der Waals surface area contributed by atoms with Crippen molar-refractivity contribution in [3.05, 3.63) is 214 Å². The summed E-state index contributed by atoms with van der Waals surface area (Å²) >= 11 is 0. The van der Waals surface area contributed by atoms with Gasteiger partial charge in [0.05, 0.1) is 48.2 Å². The second-order valence-corrected chi connectivity index (χ2v) is 12.4. The van der Waals surface area contributed by atoms with Gasteiger partial charge >= 0.3 is 0 Å². The normalized spacial score (nSPS) is 10.9. The molecular weight excluding hydrogens is 673 g/mol. The third-order valence-corrected chi connectivity index (χ3v) is 9.12. The Labute approximate surface area is 309 Å². The van der Waals surface area contributed by atoms with Crippen molar-refractivity contribution in [3.63, 3.8) is 0 Å². The molecule has 0 aliphatic heterocycles. The number of aromatic amines is 4. The van der Waals surface area contributed by atoms with E-state index < -0.39 is 0 Å². The topological polar surface area (TPSA) is 210 Å². The molecule has 12 heteroatoms. The Kier molecular flexibility index (Phi) is 8.88. The molecule has 0 aliphatic rings. The average molecular weight is 705 g/mol. The van der Waals surface area contributed by atoms with Gasteiger partial charge in [0.1, 0.15) is 22.8 Å². The lowest BCUT2D eigenvalue weighted by Crippen LogP contribution is -2.05. The Bertz CT molecular complexity index is 2230. The zero-order chi connectivity index (χ0) is 37.0. The number of hydrogen-bond donors (Lipinski definition) is 8. The predicted octanol–water partition coefficient (Wildman–Crippen LogP) is 7.25. The van der Waals surface area contributed by atoms with Crippen LogP contribution in [-0.2, 0) is 0 Å². The van der Waals surface area contributed by atoms with Crippen molar-refractivity contribution in [2.75, 3.05) is 0 Å². The van der Waals surface area contributed by atoms with Gasteiger partial charge in [0.25, 0.3) is 0 Å². The molecule has 4 aromatic carbocycles. The Hall–Kier alpha value is -7.86. The molecule has 0 unspecified atom stereocenters. The van der Waals surface area contributed by atoms with E-state index in [-0.39, 0.29) is 0 Å². The standard InChI is InChI=1S/C42H32N12/c43-39(33-17-47-21-51-33)29-9-1-25(2-10-29)37(26-3-11-30(12-4-26)40(44)34-18-48-22-52-34)38(27-5-13-31(14-6-27)41(45)35-19-49-23-53-35)28-7-15-32(16-8-28)42(46)36-20-50-24-54-36/h1-24,43-46H,(H,47,51)(H,48,52)(H,49,53)(H,50,54). The van der Waals surface area contributed by atoms with E-state index in [0.717, 1.165) is 55.7 Å². The third-order valence-electron chi connectivity index (χ3n) is 9.12. The summed E-state index contributed by atoms with van der Waals surface area (Å²) in [6, 6.07) is 31.5. The smallest absolute Gasteiger partial charge is 0.106 e. The SMILES string of the molecule is N=C(c1ccc(C(=C(c2ccc(C(=N)c3c[nH]cn3)cc2)c2ccc(C(=N)c3c[nH]cn3)cc2)c2ccc(C(=N)c3c[nH]cn3)cc2)cc1)c1c[nH]cn1. The molecule has 0 radical (unpaired) electrons. The minimum atomic E-state index is 0.305. The highest BCUT2D eigenvalue weighted by Crippen LogP contribution is 2.38. The molecule has 260 valence electrons. The van der Waals surface area contributed by atoms with Crippen LogP contribution in [0.1, 0.15) is 67.3 Å². The first-order chi connectivity index (χ1) is 26.4. The van der Waals surface area contributed by atoms with Gasteiger partial charge in [-0.25, -0.2) is 19.9 Å². The van der Waals surface area contributed by atoms with Gasteiger partial charge in [-0.1, -0.05) is 97.1 Å². The number of benzene rings is 4. The third kappa shape index (κ3) is 6.53. The first kappa shape index (κ1) is 33.3. The lowest BCUT2D eigenvalue weighted by molar-refractivity contribution is 1.29. The second kappa shape index (κ2) is 14.4. The van der Waals surface area contributed by atoms with Crippen LogP contribution in [0.5, 0.6) is 0 Å². The molecule has 0 fully saturated rings. The maximum Gasteiger partial charge on any atom is 0.106 e.